The predicted octanol–water partition coefficient (Wildman–Crippen LogP) is 3.07. The molecule has 0 amide bonds. The van der Waals surface area contributed by atoms with Gasteiger partial charge in [-0.25, -0.2) is 0 Å². The van der Waals surface area contributed by atoms with Gasteiger partial charge in [-0.15, -0.1) is 0 Å². The van der Waals surface area contributed by atoms with Crippen molar-refractivity contribution in [2.45, 2.75) is 32.6 Å². The predicted molar refractivity (Wildman–Crippen MR) is 63.5 cm³/mol. The summed E-state index contributed by atoms with van der Waals surface area (Å²) in [4.78, 5) is 10.8. The summed E-state index contributed by atoms with van der Waals surface area (Å²) in [5.41, 5.74) is 2.52. The van der Waals surface area contributed by atoms with Crippen molar-refractivity contribution in [3.63, 3.8) is 0 Å². The average Bonchev–Trinajstić information content (AvgIpc) is 2.97. The first kappa shape index (κ1) is 11.2. The van der Waals surface area contributed by atoms with Crippen molar-refractivity contribution in [1.29, 1.82) is 0 Å². The third-order valence-electron chi connectivity index (χ3n) is 3.16. The van der Waals surface area contributed by atoms with Gasteiger partial charge in [0.15, 0.2) is 0 Å². The summed E-state index contributed by atoms with van der Waals surface area (Å²) in [5.74, 6) is 0.122. The maximum Gasteiger partial charge on any atom is 0.307 e. The number of aliphatic carboxylic acids is 1. The van der Waals surface area contributed by atoms with E-state index < -0.39 is 5.97 Å². The van der Waals surface area contributed by atoms with Gasteiger partial charge in [-0.3, -0.25) is 4.79 Å². The molecule has 0 spiro atoms. The molecule has 2 atom stereocenters. The number of carbonyl (C=O) groups is 1. The van der Waals surface area contributed by atoms with Crippen LogP contribution in [0.15, 0.2) is 24.3 Å². The van der Waals surface area contributed by atoms with E-state index in [2.05, 4.69) is 38.1 Å². The van der Waals surface area contributed by atoms with Crippen LogP contribution in [-0.2, 0) is 11.2 Å². The number of hydrogen-bond acceptors (Lipinski definition) is 1. The van der Waals surface area contributed by atoms with E-state index in [9.17, 15) is 4.79 Å². The van der Waals surface area contributed by atoms with Crippen LogP contribution in [0.4, 0.5) is 0 Å². The van der Waals surface area contributed by atoms with Crippen molar-refractivity contribution in [3.8, 4) is 0 Å². The lowest BCUT2D eigenvalue weighted by Gasteiger charge is -2.06. The highest BCUT2D eigenvalue weighted by Gasteiger charge is 2.43. The zero-order valence-corrected chi connectivity index (χ0v) is 9.81. The summed E-state index contributed by atoms with van der Waals surface area (Å²) in [7, 11) is 0. The minimum atomic E-state index is -0.656. The minimum absolute atomic E-state index is 0.143. The van der Waals surface area contributed by atoms with E-state index >= 15 is 0 Å². The topological polar surface area (TPSA) is 37.3 Å². The number of hydrogen-bond donors (Lipinski definition) is 1. The highest BCUT2D eigenvalue weighted by molar-refractivity contribution is 5.75. The van der Waals surface area contributed by atoms with Crippen molar-refractivity contribution in [2.24, 2.45) is 11.8 Å². The fourth-order valence-corrected chi connectivity index (χ4v) is 2.21. The van der Waals surface area contributed by atoms with Crippen LogP contribution in [0.3, 0.4) is 0 Å². The fraction of sp³-hybridized carbons (Fsp3) is 0.500. The summed E-state index contributed by atoms with van der Waals surface area (Å²) >= 11 is 0. The number of carboxylic acids is 1. The molecule has 1 aliphatic rings. The fourth-order valence-electron chi connectivity index (χ4n) is 2.21. The molecule has 0 aliphatic heterocycles. The summed E-state index contributed by atoms with van der Waals surface area (Å²) in [6.07, 6.45) is 1.90. The van der Waals surface area contributed by atoms with Crippen molar-refractivity contribution >= 4 is 5.97 Å². The van der Waals surface area contributed by atoms with Crippen LogP contribution in [-0.4, -0.2) is 11.1 Å². The van der Waals surface area contributed by atoms with E-state index in [1.54, 1.807) is 0 Å². The zero-order chi connectivity index (χ0) is 11.7. The smallest absolute Gasteiger partial charge is 0.307 e. The molecular weight excluding hydrogens is 200 g/mol. The second kappa shape index (κ2) is 4.28. The zero-order valence-electron chi connectivity index (χ0n) is 9.81. The van der Waals surface area contributed by atoms with Crippen molar-refractivity contribution in [1.82, 2.24) is 0 Å². The Balaban J connectivity index is 2.01. The van der Waals surface area contributed by atoms with Crippen LogP contribution in [0, 0.1) is 11.8 Å². The Morgan fingerprint density at radius 1 is 1.38 bits per heavy atom. The molecule has 2 rings (SSSR count). The summed E-state index contributed by atoms with van der Waals surface area (Å²) in [6, 6.07) is 8.44. The standard InChI is InChI=1S/C14H18O2/c1-9(2)7-10-3-5-11(6-4-10)12-8-13(12)14(15)16/h3-6,9,12-13H,7-8H2,1-2H3,(H,15,16)/t12-,13+/m0/s1. The molecule has 1 aromatic carbocycles. The van der Waals surface area contributed by atoms with E-state index in [-0.39, 0.29) is 11.8 Å². The Morgan fingerprint density at radius 3 is 2.44 bits per heavy atom. The van der Waals surface area contributed by atoms with Gasteiger partial charge in [0, 0.05) is 0 Å². The molecule has 86 valence electrons. The normalized spacial score (nSPS) is 23.4. The molecule has 0 radical (unpaired) electrons. The van der Waals surface area contributed by atoms with Gasteiger partial charge in [0.2, 0.25) is 0 Å². The maximum atomic E-state index is 10.8. The van der Waals surface area contributed by atoms with Gasteiger partial charge in [-0.05, 0) is 35.8 Å². The average molecular weight is 218 g/mol. The highest BCUT2D eigenvalue weighted by atomic mass is 16.4. The van der Waals surface area contributed by atoms with Crippen LogP contribution >= 0.6 is 0 Å². The first-order chi connectivity index (χ1) is 7.58. The van der Waals surface area contributed by atoms with Gasteiger partial charge in [-0.2, -0.15) is 0 Å². The van der Waals surface area contributed by atoms with E-state index in [1.165, 1.54) is 11.1 Å². The Hall–Kier alpha value is -1.31. The second-order valence-electron chi connectivity index (χ2n) is 5.13. The molecule has 2 heteroatoms. The lowest BCUT2D eigenvalue weighted by atomic mass is 10.0. The second-order valence-corrected chi connectivity index (χ2v) is 5.13. The van der Waals surface area contributed by atoms with Crippen LogP contribution in [0.1, 0.15) is 37.3 Å². The lowest BCUT2D eigenvalue weighted by molar-refractivity contribution is -0.138. The third-order valence-corrected chi connectivity index (χ3v) is 3.16. The summed E-state index contributed by atoms with van der Waals surface area (Å²) in [6.45, 7) is 4.41. The highest BCUT2D eigenvalue weighted by Crippen LogP contribution is 2.47. The first-order valence-corrected chi connectivity index (χ1v) is 5.89. The van der Waals surface area contributed by atoms with Crippen LogP contribution in [0.25, 0.3) is 0 Å². The van der Waals surface area contributed by atoms with Gasteiger partial charge >= 0.3 is 5.97 Å². The van der Waals surface area contributed by atoms with Crippen LogP contribution in [0.5, 0.6) is 0 Å². The van der Waals surface area contributed by atoms with Gasteiger partial charge < -0.3 is 5.11 Å². The van der Waals surface area contributed by atoms with Crippen molar-refractivity contribution < 1.29 is 9.90 Å². The number of carboxylic acid groups (broad SMARTS) is 1. The molecule has 0 saturated heterocycles. The SMILES string of the molecule is CC(C)Cc1ccc([C@@H]2C[C@H]2C(=O)O)cc1. The van der Waals surface area contributed by atoms with Crippen molar-refractivity contribution in [2.75, 3.05) is 0 Å². The molecule has 1 saturated carbocycles. The molecule has 1 fully saturated rings. The molecule has 0 heterocycles. The molecule has 16 heavy (non-hydrogen) atoms. The van der Waals surface area contributed by atoms with Gasteiger partial charge in [-0.1, -0.05) is 38.1 Å². The van der Waals surface area contributed by atoms with Crippen molar-refractivity contribution in [3.05, 3.63) is 35.4 Å². The Labute approximate surface area is 96.3 Å². The minimum Gasteiger partial charge on any atom is -0.481 e. The van der Waals surface area contributed by atoms with Gasteiger partial charge in [0.05, 0.1) is 5.92 Å². The van der Waals surface area contributed by atoms with Gasteiger partial charge in [0.1, 0.15) is 0 Å². The molecule has 1 N–H and O–H groups in total. The molecule has 1 aliphatic carbocycles. The molecule has 2 nitrogen and oxygen atoms in total. The van der Waals surface area contributed by atoms with E-state index in [4.69, 9.17) is 5.11 Å². The number of rotatable bonds is 4. The summed E-state index contributed by atoms with van der Waals surface area (Å²) < 4.78 is 0. The quantitative estimate of drug-likeness (QED) is 0.843. The van der Waals surface area contributed by atoms with E-state index in [1.807, 2.05) is 0 Å². The van der Waals surface area contributed by atoms with E-state index in [0.29, 0.717) is 5.92 Å². The first-order valence-electron chi connectivity index (χ1n) is 5.89. The lowest BCUT2D eigenvalue weighted by Crippen LogP contribution is -1.99. The maximum absolute atomic E-state index is 10.8. The van der Waals surface area contributed by atoms with Crippen LogP contribution < -0.4 is 0 Å². The van der Waals surface area contributed by atoms with Gasteiger partial charge in [0.25, 0.3) is 0 Å². The molecule has 0 aromatic heterocycles. The Bertz CT molecular complexity index is 378. The summed E-state index contributed by atoms with van der Waals surface area (Å²) in [5, 5.41) is 8.86. The molecule has 0 unspecified atom stereocenters. The molecule has 1 aromatic rings. The van der Waals surface area contributed by atoms with Crippen LogP contribution in [0.2, 0.25) is 0 Å². The largest absolute Gasteiger partial charge is 0.481 e. The van der Waals surface area contributed by atoms with E-state index in [0.717, 1.165) is 12.8 Å². The molecular formula is C14H18O2. The number of benzene rings is 1. The molecule has 0 bridgehead atoms. The Morgan fingerprint density at radius 2 is 2.00 bits per heavy atom. The third kappa shape index (κ3) is 2.43. The Kier molecular flexibility index (Phi) is 2.99. The monoisotopic (exact) mass is 218 g/mol.